The molecule has 5 heterocycles. The van der Waals surface area contributed by atoms with Crippen LogP contribution >= 0.6 is 0 Å². The van der Waals surface area contributed by atoms with Gasteiger partial charge in [0.05, 0.1) is 28.5 Å². The van der Waals surface area contributed by atoms with E-state index in [0.29, 0.717) is 58.5 Å². The third-order valence-corrected chi connectivity index (χ3v) is 7.28. The number of anilines is 1. The Morgan fingerprint density at radius 2 is 1.91 bits per heavy atom. The number of nitrogens with zero attached hydrogens (tertiary/aromatic N) is 6. The van der Waals surface area contributed by atoms with Crippen molar-refractivity contribution in [3.05, 3.63) is 67.0 Å². The van der Waals surface area contributed by atoms with Crippen LogP contribution in [0.25, 0.3) is 56.0 Å². The van der Waals surface area contributed by atoms with Gasteiger partial charge in [-0.3, -0.25) is 19.9 Å². The molecule has 1 aliphatic rings. The number of imidazole rings is 1. The fourth-order valence-electron chi connectivity index (χ4n) is 4.89. The fraction of sp³-hybridized carbons (Fsp3) is 0.226. The molecule has 1 amide bonds. The van der Waals surface area contributed by atoms with Crippen LogP contribution in [0.15, 0.2) is 61.2 Å². The first-order chi connectivity index (χ1) is 20.9. The summed E-state index contributed by atoms with van der Waals surface area (Å²) in [7, 11) is 3.90. The van der Waals surface area contributed by atoms with Gasteiger partial charge in [0.15, 0.2) is 11.5 Å². The molecule has 1 aromatic carbocycles. The van der Waals surface area contributed by atoms with E-state index in [9.17, 15) is 9.18 Å². The number of H-pyrrole nitrogens is 2. The minimum Gasteiger partial charge on any atom is -0.492 e. The molecule has 11 nitrogen and oxygen atoms in total. The number of aromatic nitrogens is 7. The Hall–Kier alpha value is -5.23. The lowest BCUT2D eigenvalue weighted by Gasteiger charge is -2.12. The number of aromatic amines is 2. The van der Waals surface area contributed by atoms with E-state index in [0.717, 1.165) is 34.9 Å². The maximum absolute atomic E-state index is 14.6. The molecule has 1 fully saturated rings. The monoisotopic (exact) mass is 577 g/mol. The van der Waals surface area contributed by atoms with Gasteiger partial charge in [-0.05, 0) is 57.3 Å². The summed E-state index contributed by atoms with van der Waals surface area (Å²) in [5.74, 6) is 0.633. The summed E-state index contributed by atoms with van der Waals surface area (Å²) in [5, 5.41) is 11.2. The molecule has 6 aromatic rings. The molecule has 1 saturated carbocycles. The normalized spacial score (nSPS) is 13.2. The molecule has 43 heavy (non-hydrogen) atoms. The Morgan fingerprint density at radius 1 is 1.05 bits per heavy atom. The van der Waals surface area contributed by atoms with Crippen LogP contribution in [0.1, 0.15) is 12.8 Å². The molecule has 12 heteroatoms. The summed E-state index contributed by atoms with van der Waals surface area (Å²) in [6, 6.07) is 10.2. The molecule has 1 aliphatic carbocycles. The Morgan fingerprint density at radius 3 is 2.74 bits per heavy atom. The molecule has 216 valence electrons. The van der Waals surface area contributed by atoms with Gasteiger partial charge in [-0.1, -0.05) is 0 Å². The highest BCUT2D eigenvalue weighted by atomic mass is 19.1. The summed E-state index contributed by atoms with van der Waals surface area (Å²) in [6.07, 6.45) is 8.61. The average Bonchev–Trinajstić information content (AvgIpc) is 3.62. The topological polar surface area (TPSA) is 138 Å². The van der Waals surface area contributed by atoms with Crippen molar-refractivity contribution < 1.29 is 13.9 Å². The van der Waals surface area contributed by atoms with Gasteiger partial charge in [0.25, 0.3) is 0 Å². The molecule has 0 radical (unpaired) electrons. The maximum Gasteiger partial charge on any atom is 0.227 e. The van der Waals surface area contributed by atoms with E-state index in [-0.39, 0.29) is 11.8 Å². The third kappa shape index (κ3) is 5.52. The Kier molecular flexibility index (Phi) is 6.74. The first-order valence-corrected chi connectivity index (χ1v) is 14.0. The minimum absolute atomic E-state index is 0.0229. The predicted molar refractivity (Wildman–Crippen MR) is 161 cm³/mol. The van der Waals surface area contributed by atoms with Crippen LogP contribution in [0.5, 0.6) is 5.75 Å². The van der Waals surface area contributed by atoms with Crippen LogP contribution in [0.3, 0.4) is 0 Å². The van der Waals surface area contributed by atoms with Gasteiger partial charge >= 0.3 is 0 Å². The second-order valence-corrected chi connectivity index (χ2v) is 10.9. The van der Waals surface area contributed by atoms with Crippen molar-refractivity contribution in [2.45, 2.75) is 12.8 Å². The van der Waals surface area contributed by atoms with Gasteiger partial charge in [0, 0.05) is 53.8 Å². The zero-order chi connectivity index (χ0) is 29.5. The van der Waals surface area contributed by atoms with Crippen molar-refractivity contribution in [3.8, 4) is 39.7 Å². The number of ether oxygens (including phenoxy) is 1. The summed E-state index contributed by atoms with van der Waals surface area (Å²) in [4.78, 5) is 35.8. The molecule has 0 bridgehead atoms. The Balaban J connectivity index is 1.23. The number of pyridine rings is 3. The standard InChI is InChI=1S/C31H28FN9O2/c1-41(2)7-8-43-23-11-18(9-21(32)13-23)26-28-25(5-6-34-26)37-30(38-28)27-24-12-20(15-35-29(24)40-39-27)19-10-22(16-33-14-19)36-31(42)17-3-4-17/h5-6,9-17H,3-4,7-8H2,1-2H3,(H,36,42)(H,37,38)(H,35,39,40). The molecule has 0 unspecified atom stereocenters. The van der Waals surface area contributed by atoms with Crippen LogP contribution in [0.2, 0.25) is 0 Å². The number of hydrogen-bond acceptors (Lipinski definition) is 8. The van der Waals surface area contributed by atoms with Gasteiger partial charge in [0.2, 0.25) is 5.91 Å². The van der Waals surface area contributed by atoms with E-state index in [4.69, 9.17) is 9.72 Å². The number of halogens is 1. The summed E-state index contributed by atoms with van der Waals surface area (Å²) >= 11 is 0. The average molecular weight is 578 g/mol. The largest absolute Gasteiger partial charge is 0.492 e. The second kappa shape index (κ2) is 10.9. The van der Waals surface area contributed by atoms with Gasteiger partial charge < -0.3 is 19.9 Å². The van der Waals surface area contributed by atoms with Crippen LogP contribution in [0, 0.1) is 11.7 Å². The lowest BCUT2D eigenvalue weighted by molar-refractivity contribution is -0.117. The fourth-order valence-corrected chi connectivity index (χ4v) is 4.89. The number of carbonyl (C=O) groups excluding carboxylic acids is 1. The molecule has 0 saturated heterocycles. The van der Waals surface area contributed by atoms with E-state index in [1.165, 1.54) is 12.1 Å². The molecule has 5 aromatic heterocycles. The number of hydrogen-bond donors (Lipinski definition) is 3. The number of carbonyl (C=O) groups is 1. The number of likely N-dealkylation sites (N-methyl/N-ethyl adjacent to an activating group) is 1. The number of amides is 1. The van der Waals surface area contributed by atoms with E-state index in [1.807, 2.05) is 37.2 Å². The second-order valence-electron chi connectivity index (χ2n) is 10.9. The molecule has 0 aliphatic heterocycles. The van der Waals surface area contributed by atoms with Gasteiger partial charge in [-0.25, -0.2) is 14.4 Å². The first kappa shape index (κ1) is 26.7. The van der Waals surface area contributed by atoms with Crippen molar-refractivity contribution in [1.82, 2.24) is 40.0 Å². The Labute approximate surface area is 245 Å². The highest BCUT2D eigenvalue weighted by molar-refractivity contribution is 5.97. The molecule has 7 rings (SSSR count). The lowest BCUT2D eigenvalue weighted by Crippen LogP contribution is -2.19. The van der Waals surface area contributed by atoms with Crippen LogP contribution in [-0.2, 0) is 4.79 Å². The molecule has 0 spiro atoms. The van der Waals surface area contributed by atoms with Crippen LogP contribution in [-0.4, -0.2) is 73.2 Å². The van der Waals surface area contributed by atoms with Gasteiger partial charge in [-0.2, -0.15) is 5.10 Å². The van der Waals surface area contributed by atoms with Crippen molar-refractivity contribution in [2.75, 3.05) is 32.6 Å². The number of fused-ring (bicyclic) bond motifs is 2. The van der Waals surface area contributed by atoms with E-state index < -0.39 is 5.82 Å². The third-order valence-electron chi connectivity index (χ3n) is 7.28. The zero-order valence-corrected chi connectivity index (χ0v) is 23.6. The smallest absolute Gasteiger partial charge is 0.227 e. The van der Waals surface area contributed by atoms with E-state index in [1.54, 1.807) is 30.9 Å². The molecular weight excluding hydrogens is 549 g/mol. The van der Waals surface area contributed by atoms with Crippen molar-refractivity contribution >= 4 is 33.7 Å². The molecular formula is C31H28FN9O2. The highest BCUT2D eigenvalue weighted by Gasteiger charge is 2.29. The number of benzene rings is 1. The number of rotatable bonds is 9. The summed E-state index contributed by atoms with van der Waals surface area (Å²) in [5.41, 5.74) is 5.80. The quantitative estimate of drug-likeness (QED) is 0.217. The molecule has 3 N–H and O–H groups in total. The predicted octanol–water partition coefficient (Wildman–Crippen LogP) is 5.05. The van der Waals surface area contributed by atoms with Gasteiger partial charge in [-0.15, -0.1) is 0 Å². The van der Waals surface area contributed by atoms with Gasteiger partial charge in [0.1, 0.15) is 29.4 Å². The van der Waals surface area contributed by atoms with Crippen molar-refractivity contribution in [1.29, 1.82) is 0 Å². The van der Waals surface area contributed by atoms with Crippen LogP contribution < -0.4 is 10.1 Å². The molecule has 0 atom stereocenters. The zero-order valence-electron chi connectivity index (χ0n) is 23.6. The lowest BCUT2D eigenvalue weighted by atomic mass is 10.1. The summed E-state index contributed by atoms with van der Waals surface area (Å²) < 4.78 is 20.4. The highest BCUT2D eigenvalue weighted by Crippen LogP contribution is 2.34. The van der Waals surface area contributed by atoms with Crippen molar-refractivity contribution in [2.24, 2.45) is 5.92 Å². The van der Waals surface area contributed by atoms with Crippen LogP contribution in [0.4, 0.5) is 10.1 Å². The SMILES string of the molecule is CN(C)CCOc1cc(F)cc(-c2nccc3[nH]c(-c4n[nH]c5ncc(-c6cncc(NC(=O)C7CC7)c6)cc45)nc23)c1. The number of nitrogens with one attached hydrogen (secondary N) is 3. The summed E-state index contributed by atoms with van der Waals surface area (Å²) in [6.45, 7) is 1.13. The van der Waals surface area contributed by atoms with E-state index in [2.05, 4.69) is 35.5 Å². The maximum atomic E-state index is 14.6. The van der Waals surface area contributed by atoms with E-state index >= 15 is 0 Å². The Bertz CT molecular complexity index is 1980. The minimum atomic E-state index is -0.422. The van der Waals surface area contributed by atoms with Crippen molar-refractivity contribution in [3.63, 3.8) is 0 Å². The first-order valence-electron chi connectivity index (χ1n) is 14.0.